The number of amides is 1. The van der Waals surface area contributed by atoms with E-state index in [0.29, 0.717) is 18.0 Å². The van der Waals surface area contributed by atoms with E-state index in [2.05, 4.69) is 17.1 Å². The average molecular weight is 242 g/mol. The lowest BCUT2D eigenvalue weighted by atomic mass is 9.98. The Morgan fingerprint density at radius 3 is 3.00 bits per heavy atom. The van der Waals surface area contributed by atoms with Crippen LogP contribution < -0.4 is 0 Å². The molecule has 1 N–H and O–H groups in total. The van der Waals surface area contributed by atoms with E-state index in [9.17, 15) is 4.79 Å². The van der Waals surface area contributed by atoms with Gasteiger partial charge in [-0.25, -0.2) is 0 Å². The van der Waals surface area contributed by atoms with Crippen LogP contribution in [0.5, 0.6) is 0 Å². The minimum Gasteiger partial charge on any atom is -0.337 e. The van der Waals surface area contributed by atoms with E-state index in [4.69, 9.17) is 11.6 Å². The normalized spacial score (nSPS) is 25.8. The van der Waals surface area contributed by atoms with Crippen LogP contribution in [0.4, 0.5) is 0 Å². The second-order valence-corrected chi connectivity index (χ2v) is 5.00. The molecule has 0 spiro atoms. The number of nitrogens with zero attached hydrogens (tertiary/aromatic N) is 2. The summed E-state index contributed by atoms with van der Waals surface area (Å²) in [5.74, 6) is 0.514. The zero-order valence-corrected chi connectivity index (χ0v) is 10.3. The number of alkyl halides is 1. The lowest BCUT2D eigenvalue weighted by Crippen LogP contribution is -2.43. The minimum atomic E-state index is 0.0313. The van der Waals surface area contributed by atoms with E-state index in [-0.39, 0.29) is 11.3 Å². The van der Waals surface area contributed by atoms with Gasteiger partial charge in [-0.05, 0) is 19.3 Å². The summed E-state index contributed by atoms with van der Waals surface area (Å²) in [5, 5.41) is 6.70. The van der Waals surface area contributed by atoms with Crippen molar-refractivity contribution in [3.8, 4) is 0 Å². The molecule has 1 amide bonds. The smallest absolute Gasteiger partial charge is 0.257 e. The fourth-order valence-electron chi connectivity index (χ4n) is 1.94. The number of likely N-dealkylation sites (tertiary alicyclic amines) is 1. The first-order chi connectivity index (χ1) is 7.59. The van der Waals surface area contributed by atoms with E-state index in [1.54, 1.807) is 6.20 Å². The molecule has 1 aromatic heterocycles. The molecule has 2 atom stereocenters. The number of hydrogen-bond donors (Lipinski definition) is 1. The van der Waals surface area contributed by atoms with E-state index in [0.717, 1.165) is 18.7 Å². The van der Waals surface area contributed by atoms with Crippen LogP contribution in [-0.4, -0.2) is 39.5 Å². The summed E-state index contributed by atoms with van der Waals surface area (Å²) in [5.41, 5.74) is 1.47. The van der Waals surface area contributed by atoms with Gasteiger partial charge in [-0.1, -0.05) is 6.92 Å². The standard InChI is InChI=1S/C11H16ClN3O/c1-7-3-4-15(6-10(7)12)11(16)9-5-13-14-8(9)2/h5,7,10H,3-4,6H2,1-2H3,(H,13,14). The number of H-pyrrole nitrogens is 1. The maximum atomic E-state index is 12.1. The Morgan fingerprint density at radius 1 is 1.69 bits per heavy atom. The highest BCUT2D eigenvalue weighted by Crippen LogP contribution is 2.23. The van der Waals surface area contributed by atoms with Crippen molar-refractivity contribution in [2.24, 2.45) is 5.92 Å². The lowest BCUT2D eigenvalue weighted by molar-refractivity contribution is 0.0701. The molecule has 1 aliphatic heterocycles. The minimum absolute atomic E-state index is 0.0313. The monoisotopic (exact) mass is 241 g/mol. The molecule has 2 unspecified atom stereocenters. The van der Waals surface area contributed by atoms with Gasteiger partial charge < -0.3 is 4.90 Å². The summed E-state index contributed by atoms with van der Waals surface area (Å²) in [6.07, 6.45) is 2.55. The molecule has 5 heteroatoms. The van der Waals surface area contributed by atoms with Crippen molar-refractivity contribution < 1.29 is 4.79 Å². The molecule has 0 radical (unpaired) electrons. The number of piperidine rings is 1. The number of aryl methyl sites for hydroxylation is 1. The highest BCUT2D eigenvalue weighted by atomic mass is 35.5. The van der Waals surface area contributed by atoms with Crippen molar-refractivity contribution in [3.05, 3.63) is 17.5 Å². The Bertz CT molecular complexity index is 390. The zero-order valence-electron chi connectivity index (χ0n) is 9.53. The number of aromatic nitrogens is 2. The quantitative estimate of drug-likeness (QED) is 0.763. The van der Waals surface area contributed by atoms with E-state index < -0.39 is 0 Å². The molecule has 4 nitrogen and oxygen atoms in total. The van der Waals surface area contributed by atoms with Crippen molar-refractivity contribution in [3.63, 3.8) is 0 Å². The van der Waals surface area contributed by atoms with Crippen LogP contribution in [0.2, 0.25) is 0 Å². The van der Waals surface area contributed by atoms with Crippen LogP contribution in [0, 0.1) is 12.8 Å². The van der Waals surface area contributed by atoms with Gasteiger partial charge in [0.25, 0.3) is 5.91 Å². The first-order valence-electron chi connectivity index (χ1n) is 5.53. The van der Waals surface area contributed by atoms with Crippen LogP contribution in [0.1, 0.15) is 29.4 Å². The van der Waals surface area contributed by atoms with E-state index in [1.807, 2.05) is 11.8 Å². The number of rotatable bonds is 1. The molecule has 2 rings (SSSR count). The lowest BCUT2D eigenvalue weighted by Gasteiger charge is -2.33. The van der Waals surface area contributed by atoms with Gasteiger partial charge >= 0.3 is 0 Å². The molecule has 16 heavy (non-hydrogen) atoms. The highest BCUT2D eigenvalue weighted by molar-refractivity contribution is 6.21. The number of carbonyl (C=O) groups excluding carboxylic acids is 1. The van der Waals surface area contributed by atoms with Crippen molar-refractivity contribution in [2.45, 2.75) is 25.6 Å². The third kappa shape index (κ3) is 2.07. The van der Waals surface area contributed by atoms with Gasteiger partial charge in [-0.3, -0.25) is 9.89 Å². The molecule has 0 aromatic carbocycles. The van der Waals surface area contributed by atoms with Gasteiger partial charge in [0.05, 0.1) is 17.1 Å². The van der Waals surface area contributed by atoms with Crippen LogP contribution in [-0.2, 0) is 0 Å². The Kier molecular flexibility index (Phi) is 3.19. The third-order valence-electron chi connectivity index (χ3n) is 3.21. The second-order valence-electron chi connectivity index (χ2n) is 4.44. The summed E-state index contributed by atoms with van der Waals surface area (Å²) in [7, 11) is 0. The van der Waals surface area contributed by atoms with Crippen LogP contribution in [0.15, 0.2) is 6.20 Å². The molecular weight excluding hydrogens is 226 g/mol. The van der Waals surface area contributed by atoms with Crippen molar-refractivity contribution in [1.82, 2.24) is 15.1 Å². The van der Waals surface area contributed by atoms with Gasteiger partial charge in [-0.15, -0.1) is 11.6 Å². The molecule has 0 bridgehead atoms. The Hall–Kier alpha value is -1.03. The van der Waals surface area contributed by atoms with Gasteiger partial charge in [0, 0.05) is 18.8 Å². The maximum absolute atomic E-state index is 12.1. The molecule has 0 aliphatic carbocycles. The summed E-state index contributed by atoms with van der Waals surface area (Å²) in [4.78, 5) is 14.0. The molecule has 88 valence electrons. The maximum Gasteiger partial charge on any atom is 0.257 e. The predicted octanol–water partition coefficient (Wildman–Crippen LogP) is 1.81. The molecule has 1 saturated heterocycles. The summed E-state index contributed by atoms with van der Waals surface area (Å²) in [6.45, 7) is 5.40. The van der Waals surface area contributed by atoms with Crippen LogP contribution in [0.25, 0.3) is 0 Å². The predicted molar refractivity (Wildman–Crippen MR) is 62.7 cm³/mol. The Morgan fingerprint density at radius 2 is 2.44 bits per heavy atom. The topological polar surface area (TPSA) is 49.0 Å². The van der Waals surface area contributed by atoms with Gasteiger partial charge in [0.1, 0.15) is 0 Å². The van der Waals surface area contributed by atoms with Crippen molar-refractivity contribution in [2.75, 3.05) is 13.1 Å². The number of halogens is 1. The third-order valence-corrected chi connectivity index (χ3v) is 3.78. The molecule has 1 aromatic rings. The summed E-state index contributed by atoms with van der Waals surface area (Å²) < 4.78 is 0. The Balaban J connectivity index is 2.09. The molecule has 0 saturated carbocycles. The van der Waals surface area contributed by atoms with Gasteiger partial charge in [-0.2, -0.15) is 5.10 Å². The molecule has 1 aliphatic rings. The second kappa shape index (κ2) is 4.45. The fraction of sp³-hybridized carbons (Fsp3) is 0.636. The molecule has 2 heterocycles. The zero-order chi connectivity index (χ0) is 11.7. The van der Waals surface area contributed by atoms with Gasteiger partial charge in [0.2, 0.25) is 0 Å². The summed E-state index contributed by atoms with van der Waals surface area (Å²) >= 11 is 6.19. The van der Waals surface area contributed by atoms with E-state index >= 15 is 0 Å². The van der Waals surface area contributed by atoms with Crippen molar-refractivity contribution in [1.29, 1.82) is 0 Å². The average Bonchev–Trinajstić information content (AvgIpc) is 2.67. The first-order valence-corrected chi connectivity index (χ1v) is 5.96. The summed E-state index contributed by atoms with van der Waals surface area (Å²) in [6, 6.07) is 0. The fourth-order valence-corrected chi connectivity index (χ4v) is 2.24. The van der Waals surface area contributed by atoms with Crippen LogP contribution in [0.3, 0.4) is 0 Å². The van der Waals surface area contributed by atoms with Crippen LogP contribution >= 0.6 is 11.6 Å². The van der Waals surface area contributed by atoms with Gasteiger partial charge in [0.15, 0.2) is 0 Å². The number of nitrogens with one attached hydrogen (secondary N) is 1. The number of hydrogen-bond acceptors (Lipinski definition) is 2. The van der Waals surface area contributed by atoms with E-state index in [1.165, 1.54) is 0 Å². The number of carbonyl (C=O) groups is 1. The Labute approximate surface area is 100.0 Å². The first kappa shape index (κ1) is 11.5. The molecular formula is C11H16ClN3O. The van der Waals surface area contributed by atoms with Crippen molar-refractivity contribution >= 4 is 17.5 Å². The largest absolute Gasteiger partial charge is 0.337 e. The SMILES string of the molecule is Cc1[nH]ncc1C(=O)N1CCC(C)C(Cl)C1. The number of aromatic amines is 1. The highest BCUT2D eigenvalue weighted by Gasteiger charge is 2.28. The molecule has 1 fully saturated rings.